The van der Waals surface area contributed by atoms with Gasteiger partial charge in [0.05, 0.1) is 0 Å². The minimum absolute atomic E-state index is 0.113. The van der Waals surface area contributed by atoms with E-state index in [1.165, 1.54) is 26.0 Å². The molecule has 7 nitrogen and oxygen atoms in total. The Kier molecular flexibility index (Phi) is 5.22. The molecule has 1 aromatic rings. The fourth-order valence-corrected chi connectivity index (χ4v) is 1.54. The molecule has 0 aliphatic carbocycles. The highest BCUT2D eigenvalue weighted by Crippen LogP contribution is 2.29. The molecule has 0 saturated heterocycles. The fraction of sp³-hybridized carbons (Fsp3) is 0.308. The van der Waals surface area contributed by atoms with E-state index in [1.54, 1.807) is 6.07 Å². The Morgan fingerprint density at radius 3 is 2.20 bits per heavy atom. The molecule has 20 heavy (non-hydrogen) atoms. The van der Waals surface area contributed by atoms with E-state index in [4.69, 9.17) is 15.2 Å². The van der Waals surface area contributed by atoms with Crippen LogP contribution in [0, 0.1) is 0 Å². The van der Waals surface area contributed by atoms with Gasteiger partial charge in [-0.2, -0.15) is 0 Å². The van der Waals surface area contributed by atoms with E-state index in [0.717, 1.165) is 0 Å². The van der Waals surface area contributed by atoms with Crippen molar-refractivity contribution >= 4 is 17.8 Å². The highest BCUT2D eigenvalue weighted by Gasteiger charge is 2.17. The average Bonchev–Trinajstić information content (AvgIpc) is 2.31. The van der Waals surface area contributed by atoms with Crippen LogP contribution in [0.4, 0.5) is 0 Å². The minimum atomic E-state index is -0.597. The molecule has 5 N–H and O–H groups in total. The summed E-state index contributed by atoms with van der Waals surface area (Å²) in [4.78, 5) is 33.0. The number of nitrogens with two attached hydrogens (primary N) is 1. The number of amides is 1. The highest BCUT2D eigenvalue weighted by atomic mass is 16.6. The molecule has 7 heteroatoms. The number of esters is 2. The predicted octanol–water partition coefficient (Wildman–Crippen LogP) is -0.824. The van der Waals surface area contributed by atoms with E-state index >= 15 is 0 Å². The summed E-state index contributed by atoms with van der Waals surface area (Å²) >= 11 is 0. The van der Waals surface area contributed by atoms with Crippen LogP contribution in [-0.4, -0.2) is 23.9 Å². The van der Waals surface area contributed by atoms with Crippen molar-refractivity contribution in [2.45, 2.75) is 26.3 Å². The molecule has 0 saturated carbocycles. The second-order valence-electron chi connectivity index (χ2n) is 4.27. The van der Waals surface area contributed by atoms with Crippen molar-refractivity contribution in [3.05, 3.63) is 23.8 Å². The maximum absolute atomic E-state index is 11.0. The molecule has 0 aromatic heterocycles. The quantitative estimate of drug-likeness (QED) is 0.539. The van der Waals surface area contributed by atoms with Crippen LogP contribution in [0.5, 0.6) is 11.5 Å². The standard InChI is InChI=1S/C13H16N2O5/c1-7(16)19-11-4-3-9(5-10(14)13(15)18)6-12(11)20-8(2)17/h3-4,6,10H,5,14H2,1-2H3,(H2,15,18)/p+1/t10-/m0/s1. The summed E-state index contributed by atoms with van der Waals surface area (Å²) in [6.45, 7) is 2.47. The van der Waals surface area contributed by atoms with Crippen LogP contribution in [0.3, 0.4) is 0 Å². The monoisotopic (exact) mass is 281 g/mol. The molecular formula is C13H17N2O5+. The van der Waals surface area contributed by atoms with Gasteiger partial charge in [0.2, 0.25) is 0 Å². The zero-order chi connectivity index (χ0) is 15.3. The first-order chi connectivity index (χ1) is 9.29. The number of ether oxygens (including phenoxy) is 2. The number of hydrogen-bond acceptors (Lipinski definition) is 5. The number of rotatable bonds is 5. The number of carbonyl (C=O) groups excluding carboxylic acids is 3. The molecule has 0 radical (unpaired) electrons. The molecule has 1 atom stereocenters. The number of hydrogen-bond donors (Lipinski definition) is 2. The molecule has 108 valence electrons. The largest absolute Gasteiger partial charge is 0.423 e. The van der Waals surface area contributed by atoms with Gasteiger partial charge >= 0.3 is 11.9 Å². The van der Waals surface area contributed by atoms with Crippen molar-refractivity contribution in [3.63, 3.8) is 0 Å². The van der Waals surface area contributed by atoms with Crippen LogP contribution in [-0.2, 0) is 20.8 Å². The van der Waals surface area contributed by atoms with E-state index in [9.17, 15) is 14.4 Å². The van der Waals surface area contributed by atoms with Crippen LogP contribution in [0.2, 0.25) is 0 Å². The first-order valence-corrected chi connectivity index (χ1v) is 5.91. The summed E-state index contributed by atoms with van der Waals surface area (Å²) < 4.78 is 9.91. The molecule has 1 aromatic carbocycles. The Bertz CT molecular complexity index is 542. The smallest absolute Gasteiger partial charge is 0.308 e. The molecule has 0 heterocycles. The van der Waals surface area contributed by atoms with Gasteiger partial charge in [0.15, 0.2) is 17.5 Å². The zero-order valence-electron chi connectivity index (χ0n) is 11.3. The van der Waals surface area contributed by atoms with Crippen LogP contribution < -0.4 is 20.9 Å². The van der Waals surface area contributed by atoms with Gasteiger partial charge in [0, 0.05) is 20.3 Å². The zero-order valence-corrected chi connectivity index (χ0v) is 11.3. The lowest BCUT2D eigenvalue weighted by Crippen LogP contribution is -2.67. The van der Waals surface area contributed by atoms with Gasteiger partial charge < -0.3 is 20.9 Å². The van der Waals surface area contributed by atoms with Crippen LogP contribution in [0.15, 0.2) is 18.2 Å². The number of benzene rings is 1. The SMILES string of the molecule is CC(=O)Oc1ccc(C[C@H]([NH3+])C(N)=O)cc1OC(C)=O. The molecular weight excluding hydrogens is 264 g/mol. The molecule has 0 aliphatic heterocycles. The molecule has 1 rings (SSSR count). The minimum Gasteiger partial charge on any atom is -0.423 e. The molecule has 1 amide bonds. The van der Waals surface area contributed by atoms with Crippen molar-refractivity contribution in [2.75, 3.05) is 0 Å². The van der Waals surface area contributed by atoms with Crippen molar-refractivity contribution in [3.8, 4) is 11.5 Å². The number of quaternary nitrogens is 1. The number of primary amides is 1. The Labute approximate surface area is 115 Å². The Balaban J connectivity index is 3.03. The third kappa shape index (κ3) is 4.69. The Morgan fingerprint density at radius 1 is 1.15 bits per heavy atom. The summed E-state index contributed by atoms with van der Waals surface area (Å²) in [6, 6.07) is 4.05. The normalized spacial score (nSPS) is 11.6. The highest BCUT2D eigenvalue weighted by molar-refractivity contribution is 5.78. The van der Waals surface area contributed by atoms with Gasteiger partial charge in [0.1, 0.15) is 0 Å². The molecule has 0 spiro atoms. The third-order valence-corrected chi connectivity index (χ3v) is 2.40. The second kappa shape index (κ2) is 6.67. The van der Waals surface area contributed by atoms with Gasteiger partial charge in [-0.1, -0.05) is 6.07 Å². The maximum Gasteiger partial charge on any atom is 0.308 e. The van der Waals surface area contributed by atoms with Gasteiger partial charge in [-0.15, -0.1) is 0 Å². The third-order valence-electron chi connectivity index (χ3n) is 2.40. The summed E-state index contributed by atoms with van der Waals surface area (Å²) in [5.41, 5.74) is 9.46. The first kappa shape index (κ1) is 15.6. The topological polar surface area (TPSA) is 123 Å². The van der Waals surface area contributed by atoms with Crippen molar-refractivity contribution in [1.29, 1.82) is 0 Å². The van der Waals surface area contributed by atoms with E-state index in [0.29, 0.717) is 12.0 Å². The van der Waals surface area contributed by atoms with Crippen molar-refractivity contribution in [1.82, 2.24) is 0 Å². The Morgan fingerprint density at radius 2 is 1.70 bits per heavy atom. The Hall–Kier alpha value is -2.41. The summed E-state index contributed by atoms with van der Waals surface area (Å²) in [6.07, 6.45) is 0.296. The first-order valence-electron chi connectivity index (χ1n) is 5.91. The number of carbonyl (C=O) groups is 3. The predicted molar refractivity (Wildman–Crippen MR) is 68.6 cm³/mol. The van der Waals surface area contributed by atoms with Crippen LogP contribution in [0.1, 0.15) is 19.4 Å². The van der Waals surface area contributed by atoms with E-state index in [-0.39, 0.29) is 11.5 Å². The van der Waals surface area contributed by atoms with E-state index < -0.39 is 23.9 Å². The van der Waals surface area contributed by atoms with Crippen LogP contribution >= 0.6 is 0 Å². The molecule has 0 bridgehead atoms. The molecule has 0 fully saturated rings. The summed E-state index contributed by atoms with van der Waals surface area (Å²) in [5, 5.41) is 0. The summed E-state index contributed by atoms with van der Waals surface area (Å²) in [5.74, 6) is -1.35. The van der Waals surface area contributed by atoms with Crippen molar-refractivity contribution in [2.24, 2.45) is 5.73 Å². The van der Waals surface area contributed by atoms with Crippen LogP contribution in [0.25, 0.3) is 0 Å². The van der Waals surface area contributed by atoms with E-state index in [2.05, 4.69) is 5.73 Å². The molecule has 0 aliphatic rings. The molecule has 0 unspecified atom stereocenters. The lowest BCUT2D eigenvalue weighted by Gasteiger charge is -2.11. The van der Waals surface area contributed by atoms with Gasteiger partial charge in [-0.25, -0.2) is 0 Å². The van der Waals surface area contributed by atoms with Crippen molar-refractivity contribution < 1.29 is 29.6 Å². The van der Waals surface area contributed by atoms with Gasteiger partial charge in [0.25, 0.3) is 5.91 Å². The lowest BCUT2D eigenvalue weighted by atomic mass is 10.1. The summed E-state index contributed by atoms with van der Waals surface area (Å²) in [7, 11) is 0. The fourth-order valence-electron chi connectivity index (χ4n) is 1.54. The van der Waals surface area contributed by atoms with Gasteiger partial charge in [-0.3, -0.25) is 14.4 Å². The lowest BCUT2D eigenvalue weighted by molar-refractivity contribution is -0.402. The maximum atomic E-state index is 11.0. The average molecular weight is 281 g/mol. The van der Waals surface area contributed by atoms with E-state index in [1.807, 2.05) is 0 Å². The van der Waals surface area contributed by atoms with Gasteiger partial charge in [-0.05, 0) is 17.7 Å². The second-order valence-corrected chi connectivity index (χ2v) is 4.27.